The van der Waals surface area contributed by atoms with E-state index in [0.717, 1.165) is 30.8 Å². The van der Waals surface area contributed by atoms with E-state index < -0.39 is 0 Å². The lowest BCUT2D eigenvalue weighted by atomic mass is 10.0. The highest BCUT2D eigenvalue weighted by atomic mass is 16.5. The largest absolute Gasteiger partial charge is 0.435 e. The Morgan fingerprint density at radius 2 is 2.19 bits per heavy atom. The number of aromatic amines is 1. The van der Waals surface area contributed by atoms with Crippen molar-refractivity contribution < 1.29 is 4.74 Å². The van der Waals surface area contributed by atoms with Crippen LogP contribution in [-0.2, 0) is 6.42 Å². The van der Waals surface area contributed by atoms with Crippen molar-refractivity contribution in [3.63, 3.8) is 0 Å². The van der Waals surface area contributed by atoms with Crippen molar-refractivity contribution >= 4 is 11.3 Å². The molecular formula is C14H13N5O2. The molecule has 7 heteroatoms. The number of benzene rings is 1. The molecule has 0 fully saturated rings. The Balaban J connectivity index is 1.74. The van der Waals surface area contributed by atoms with E-state index in [1.54, 1.807) is 12.1 Å². The number of nitrogens with zero attached hydrogens (tertiary/aromatic N) is 3. The van der Waals surface area contributed by atoms with Crippen molar-refractivity contribution in [1.29, 1.82) is 0 Å². The Labute approximate surface area is 119 Å². The van der Waals surface area contributed by atoms with Gasteiger partial charge in [-0.1, -0.05) is 12.1 Å². The molecule has 21 heavy (non-hydrogen) atoms. The summed E-state index contributed by atoms with van der Waals surface area (Å²) >= 11 is 0. The third-order valence-electron chi connectivity index (χ3n) is 3.50. The predicted molar refractivity (Wildman–Crippen MR) is 76.9 cm³/mol. The summed E-state index contributed by atoms with van der Waals surface area (Å²) in [6.45, 7) is 0.932. The minimum Gasteiger partial charge on any atom is -0.435 e. The van der Waals surface area contributed by atoms with Crippen molar-refractivity contribution in [1.82, 2.24) is 19.8 Å². The van der Waals surface area contributed by atoms with E-state index in [9.17, 15) is 4.79 Å². The average molecular weight is 283 g/mol. The third kappa shape index (κ3) is 2.03. The van der Waals surface area contributed by atoms with Crippen LogP contribution in [0, 0.1) is 0 Å². The molecule has 0 unspecified atom stereocenters. The molecule has 106 valence electrons. The summed E-state index contributed by atoms with van der Waals surface area (Å²) < 4.78 is 7.01. The second-order valence-electron chi connectivity index (χ2n) is 4.89. The fourth-order valence-electron chi connectivity index (χ4n) is 2.52. The molecular weight excluding hydrogens is 270 g/mol. The van der Waals surface area contributed by atoms with Gasteiger partial charge in [-0.15, -0.1) is 5.10 Å². The summed E-state index contributed by atoms with van der Waals surface area (Å²) in [4.78, 5) is 11.5. The molecule has 0 amide bonds. The molecule has 1 aromatic carbocycles. The van der Waals surface area contributed by atoms with Crippen LogP contribution in [0.1, 0.15) is 12.0 Å². The van der Waals surface area contributed by atoms with Gasteiger partial charge in [-0.2, -0.15) is 9.61 Å². The molecule has 0 atom stereocenters. The summed E-state index contributed by atoms with van der Waals surface area (Å²) in [5.41, 5.74) is 2.31. The first-order valence-electron chi connectivity index (χ1n) is 6.79. The smallest absolute Gasteiger partial charge is 0.364 e. The van der Waals surface area contributed by atoms with E-state index in [1.165, 1.54) is 10.1 Å². The van der Waals surface area contributed by atoms with Crippen molar-refractivity contribution in [3.8, 4) is 11.6 Å². The molecule has 0 spiro atoms. The summed E-state index contributed by atoms with van der Waals surface area (Å²) in [6, 6.07) is 9.32. The molecule has 0 bridgehead atoms. The van der Waals surface area contributed by atoms with Gasteiger partial charge in [0.1, 0.15) is 0 Å². The molecule has 3 aromatic rings. The summed E-state index contributed by atoms with van der Waals surface area (Å²) in [5.74, 6) is 1.07. The third-order valence-corrected chi connectivity index (χ3v) is 3.50. The summed E-state index contributed by atoms with van der Waals surface area (Å²) in [6.07, 6.45) is 2.15. The zero-order valence-corrected chi connectivity index (χ0v) is 11.2. The normalized spacial score (nSPS) is 13.7. The van der Waals surface area contributed by atoms with Gasteiger partial charge >= 0.3 is 5.69 Å². The molecule has 3 heterocycles. The van der Waals surface area contributed by atoms with E-state index in [1.807, 2.05) is 12.1 Å². The van der Waals surface area contributed by atoms with Crippen LogP contribution >= 0.6 is 0 Å². The van der Waals surface area contributed by atoms with E-state index in [4.69, 9.17) is 4.74 Å². The SMILES string of the molecule is O=c1[nH]nc2ccc(Oc3cccc4c3NCCC4)nn12. The zero-order chi connectivity index (χ0) is 14.2. The van der Waals surface area contributed by atoms with E-state index in [-0.39, 0.29) is 5.69 Å². The Morgan fingerprint density at radius 3 is 3.14 bits per heavy atom. The number of hydrogen-bond donors (Lipinski definition) is 2. The molecule has 0 aliphatic carbocycles. The second-order valence-corrected chi connectivity index (χ2v) is 4.89. The Morgan fingerprint density at radius 1 is 1.24 bits per heavy atom. The Hall–Kier alpha value is -2.83. The number of anilines is 1. The number of para-hydroxylation sites is 1. The van der Waals surface area contributed by atoms with Gasteiger partial charge in [-0.25, -0.2) is 9.89 Å². The number of fused-ring (bicyclic) bond motifs is 2. The van der Waals surface area contributed by atoms with Gasteiger partial charge in [-0.05, 0) is 30.5 Å². The molecule has 0 saturated carbocycles. The topological polar surface area (TPSA) is 84.3 Å². The summed E-state index contributed by atoms with van der Waals surface area (Å²) in [5, 5.41) is 13.7. The quantitative estimate of drug-likeness (QED) is 0.745. The van der Waals surface area contributed by atoms with Crippen molar-refractivity contribution in [2.75, 3.05) is 11.9 Å². The first kappa shape index (κ1) is 12.0. The molecule has 2 N–H and O–H groups in total. The molecule has 0 radical (unpaired) electrons. The van der Waals surface area contributed by atoms with Gasteiger partial charge in [0, 0.05) is 12.6 Å². The zero-order valence-electron chi connectivity index (χ0n) is 11.2. The standard InChI is InChI=1S/C14H13N5O2/c20-14-17-16-11-6-7-12(18-19(11)14)21-10-5-1-3-9-4-2-8-15-13(9)10/h1,3,5-7,15H,2,4,8H2,(H,17,20). The van der Waals surface area contributed by atoms with Gasteiger partial charge in [0.05, 0.1) is 5.69 Å². The van der Waals surface area contributed by atoms with Gasteiger partial charge in [-0.3, -0.25) is 0 Å². The monoisotopic (exact) mass is 283 g/mol. The van der Waals surface area contributed by atoms with Crippen molar-refractivity contribution in [2.45, 2.75) is 12.8 Å². The van der Waals surface area contributed by atoms with Crippen LogP contribution in [0.2, 0.25) is 0 Å². The van der Waals surface area contributed by atoms with E-state index in [2.05, 4.69) is 26.7 Å². The minimum absolute atomic E-state index is 0.353. The number of aromatic nitrogens is 4. The van der Waals surface area contributed by atoms with Crippen LogP contribution in [0.5, 0.6) is 11.6 Å². The lowest BCUT2D eigenvalue weighted by Crippen LogP contribution is -2.14. The number of ether oxygens (including phenoxy) is 1. The maximum Gasteiger partial charge on any atom is 0.364 e. The maximum absolute atomic E-state index is 11.5. The summed E-state index contributed by atoms with van der Waals surface area (Å²) in [7, 11) is 0. The highest BCUT2D eigenvalue weighted by Gasteiger charge is 2.14. The highest BCUT2D eigenvalue weighted by Crippen LogP contribution is 2.34. The van der Waals surface area contributed by atoms with Gasteiger partial charge < -0.3 is 10.1 Å². The number of nitrogens with one attached hydrogen (secondary N) is 2. The van der Waals surface area contributed by atoms with Gasteiger partial charge in [0.25, 0.3) is 0 Å². The molecule has 7 nitrogen and oxygen atoms in total. The van der Waals surface area contributed by atoms with Gasteiger partial charge in [0.2, 0.25) is 5.88 Å². The fourth-order valence-corrected chi connectivity index (χ4v) is 2.52. The van der Waals surface area contributed by atoms with Crippen LogP contribution in [0.25, 0.3) is 5.65 Å². The number of aryl methyl sites for hydroxylation is 1. The lowest BCUT2D eigenvalue weighted by Gasteiger charge is -2.20. The lowest BCUT2D eigenvalue weighted by molar-refractivity contribution is 0.452. The first-order chi connectivity index (χ1) is 10.3. The molecule has 0 saturated heterocycles. The Kier molecular flexibility index (Phi) is 2.63. The molecule has 2 aromatic heterocycles. The second kappa shape index (κ2) is 4.62. The van der Waals surface area contributed by atoms with Crippen LogP contribution in [0.15, 0.2) is 35.1 Å². The van der Waals surface area contributed by atoms with Crippen LogP contribution < -0.4 is 15.7 Å². The highest BCUT2D eigenvalue weighted by molar-refractivity contribution is 5.64. The van der Waals surface area contributed by atoms with Gasteiger partial charge in [0.15, 0.2) is 11.4 Å². The van der Waals surface area contributed by atoms with Crippen molar-refractivity contribution in [3.05, 3.63) is 46.4 Å². The molecule has 1 aliphatic rings. The fraction of sp³-hybridized carbons (Fsp3) is 0.214. The maximum atomic E-state index is 11.5. The predicted octanol–water partition coefficient (Wildman–Crippen LogP) is 1.57. The number of rotatable bonds is 2. The number of hydrogen-bond acceptors (Lipinski definition) is 5. The van der Waals surface area contributed by atoms with Crippen molar-refractivity contribution in [2.24, 2.45) is 0 Å². The minimum atomic E-state index is -0.385. The Bertz CT molecular complexity index is 867. The first-order valence-corrected chi connectivity index (χ1v) is 6.79. The van der Waals surface area contributed by atoms with Crippen LogP contribution in [-0.4, -0.2) is 26.4 Å². The van der Waals surface area contributed by atoms with E-state index in [0.29, 0.717) is 11.5 Å². The molecule has 4 rings (SSSR count). The average Bonchev–Trinajstić information content (AvgIpc) is 2.89. The number of H-pyrrole nitrogens is 1. The van der Waals surface area contributed by atoms with Crippen LogP contribution in [0.4, 0.5) is 5.69 Å². The van der Waals surface area contributed by atoms with Crippen LogP contribution in [0.3, 0.4) is 0 Å². The van der Waals surface area contributed by atoms with E-state index >= 15 is 0 Å². The molecule has 1 aliphatic heterocycles.